The van der Waals surface area contributed by atoms with Gasteiger partial charge in [-0.2, -0.15) is 0 Å². The number of nitrogens with two attached hydrogens (primary N) is 1. The van der Waals surface area contributed by atoms with E-state index in [1.807, 2.05) is 11.8 Å². The second kappa shape index (κ2) is 7.92. The highest BCUT2D eigenvalue weighted by Crippen LogP contribution is 2.20. The number of amides is 1. The number of sulfonamides is 1. The van der Waals surface area contributed by atoms with Gasteiger partial charge in [0, 0.05) is 24.7 Å². The van der Waals surface area contributed by atoms with Gasteiger partial charge in [0.2, 0.25) is 15.9 Å². The summed E-state index contributed by atoms with van der Waals surface area (Å²) in [5.74, 6) is -0.0519. The van der Waals surface area contributed by atoms with Crippen LogP contribution in [0, 0.1) is 0 Å². The number of benzene rings is 1. The molecule has 2 atom stereocenters. The van der Waals surface area contributed by atoms with E-state index in [-0.39, 0.29) is 22.9 Å². The molecule has 0 saturated carbocycles. The second-order valence-electron chi connectivity index (χ2n) is 6.06. The van der Waals surface area contributed by atoms with Crippen molar-refractivity contribution in [1.82, 2.24) is 9.62 Å². The lowest BCUT2D eigenvalue weighted by atomic mass is 9.97. The van der Waals surface area contributed by atoms with E-state index >= 15 is 0 Å². The molecule has 0 spiro atoms. The van der Waals surface area contributed by atoms with E-state index in [0.717, 1.165) is 31.4 Å². The predicted molar refractivity (Wildman–Crippen MR) is 94.7 cm³/mol. The number of rotatable bonds is 5. The highest BCUT2D eigenvalue weighted by atomic mass is 32.2. The molecule has 1 aromatic rings. The standard InChI is InChI=1S/C17H25N3O3S/c1-13(18)16-5-3-4-12-20(16)17(21)11-8-14-6-9-15(10-7-14)24(22,23)19-2/h6-11,13,16,19H,3-5,12,18H2,1-2H3. The maximum absolute atomic E-state index is 12.4. The predicted octanol–water partition coefficient (Wildman–Crippen LogP) is 1.34. The Labute approximate surface area is 143 Å². The van der Waals surface area contributed by atoms with E-state index in [0.29, 0.717) is 0 Å². The van der Waals surface area contributed by atoms with Crippen molar-refractivity contribution >= 4 is 22.0 Å². The second-order valence-corrected chi connectivity index (χ2v) is 7.95. The molecule has 1 heterocycles. The van der Waals surface area contributed by atoms with E-state index < -0.39 is 10.0 Å². The van der Waals surface area contributed by atoms with Crippen LogP contribution in [0.5, 0.6) is 0 Å². The number of likely N-dealkylation sites (tertiary alicyclic amines) is 1. The van der Waals surface area contributed by atoms with Crippen molar-refractivity contribution in [3.05, 3.63) is 35.9 Å². The van der Waals surface area contributed by atoms with Crippen LogP contribution in [0.1, 0.15) is 31.7 Å². The topological polar surface area (TPSA) is 92.5 Å². The molecular weight excluding hydrogens is 326 g/mol. The fraction of sp³-hybridized carbons (Fsp3) is 0.471. The quantitative estimate of drug-likeness (QED) is 0.783. The van der Waals surface area contributed by atoms with Crippen molar-refractivity contribution in [3.8, 4) is 0 Å². The molecule has 0 bridgehead atoms. The molecule has 1 aliphatic rings. The zero-order valence-corrected chi connectivity index (χ0v) is 14.9. The molecule has 7 heteroatoms. The van der Waals surface area contributed by atoms with Crippen molar-refractivity contribution in [2.45, 2.75) is 43.2 Å². The smallest absolute Gasteiger partial charge is 0.246 e. The molecule has 0 aliphatic carbocycles. The molecule has 1 saturated heterocycles. The van der Waals surface area contributed by atoms with Crippen LogP contribution in [0.2, 0.25) is 0 Å². The van der Waals surface area contributed by atoms with Crippen molar-refractivity contribution in [2.24, 2.45) is 5.73 Å². The number of nitrogens with zero attached hydrogens (tertiary/aromatic N) is 1. The molecule has 0 radical (unpaired) electrons. The van der Waals surface area contributed by atoms with Gasteiger partial charge < -0.3 is 10.6 Å². The van der Waals surface area contributed by atoms with E-state index in [2.05, 4.69) is 4.72 Å². The van der Waals surface area contributed by atoms with E-state index in [9.17, 15) is 13.2 Å². The van der Waals surface area contributed by atoms with Gasteiger partial charge in [0.1, 0.15) is 0 Å². The maximum atomic E-state index is 12.4. The Morgan fingerprint density at radius 3 is 2.58 bits per heavy atom. The fourth-order valence-electron chi connectivity index (χ4n) is 2.92. The molecule has 3 N–H and O–H groups in total. The largest absolute Gasteiger partial charge is 0.335 e. The molecule has 132 valence electrons. The van der Waals surface area contributed by atoms with E-state index in [1.54, 1.807) is 18.2 Å². The third-order valence-electron chi connectivity index (χ3n) is 4.32. The monoisotopic (exact) mass is 351 g/mol. The van der Waals surface area contributed by atoms with Gasteiger partial charge in [-0.3, -0.25) is 4.79 Å². The van der Waals surface area contributed by atoms with E-state index in [1.165, 1.54) is 25.3 Å². The van der Waals surface area contributed by atoms with Gasteiger partial charge in [0.25, 0.3) is 0 Å². The number of nitrogens with one attached hydrogen (secondary N) is 1. The van der Waals surface area contributed by atoms with E-state index in [4.69, 9.17) is 5.73 Å². The Balaban J connectivity index is 2.08. The molecule has 0 aromatic heterocycles. The van der Waals surface area contributed by atoms with Crippen LogP contribution in [0.15, 0.2) is 35.2 Å². The summed E-state index contributed by atoms with van der Waals surface area (Å²) >= 11 is 0. The molecular formula is C17H25N3O3S. The molecule has 24 heavy (non-hydrogen) atoms. The number of hydrogen-bond acceptors (Lipinski definition) is 4. The van der Waals surface area contributed by atoms with Crippen LogP contribution in [0.4, 0.5) is 0 Å². The molecule has 2 rings (SSSR count). The van der Waals surface area contributed by atoms with Crippen LogP contribution in [0.3, 0.4) is 0 Å². The number of piperidine rings is 1. The average Bonchev–Trinajstić information content (AvgIpc) is 2.60. The first-order chi connectivity index (χ1) is 11.3. The van der Waals surface area contributed by atoms with Gasteiger partial charge in [0.15, 0.2) is 0 Å². The Bertz CT molecular complexity index is 696. The summed E-state index contributed by atoms with van der Waals surface area (Å²) in [4.78, 5) is 14.5. The van der Waals surface area contributed by atoms with Gasteiger partial charge in [-0.15, -0.1) is 0 Å². The first-order valence-electron chi connectivity index (χ1n) is 8.13. The number of carbonyl (C=O) groups excluding carboxylic acids is 1. The lowest BCUT2D eigenvalue weighted by molar-refractivity contribution is -0.129. The normalized spacial score (nSPS) is 20.3. The van der Waals surface area contributed by atoms with Gasteiger partial charge in [-0.25, -0.2) is 13.1 Å². The van der Waals surface area contributed by atoms with Gasteiger partial charge >= 0.3 is 0 Å². The van der Waals surface area contributed by atoms with Crippen molar-refractivity contribution in [2.75, 3.05) is 13.6 Å². The lowest BCUT2D eigenvalue weighted by Crippen LogP contribution is -2.51. The Hall–Kier alpha value is -1.70. The molecule has 1 aromatic carbocycles. The maximum Gasteiger partial charge on any atom is 0.246 e. The highest BCUT2D eigenvalue weighted by molar-refractivity contribution is 7.89. The summed E-state index contributed by atoms with van der Waals surface area (Å²) in [6.07, 6.45) is 6.27. The number of hydrogen-bond donors (Lipinski definition) is 2. The summed E-state index contributed by atoms with van der Waals surface area (Å²) in [5, 5.41) is 0. The summed E-state index contributed by atoms with van der Waals surface area (Å²) in [6.45, 7) is 2.66. The zero-order chi connectivity index (χ0) is 17.7. The minimum absolute atomic E-state index is 0.0475. The minimum Gasteiger partial charge on any atom is -0.335 e. The Kier molecular flexibility index (Phi) is 6.15. The zero-order valence-electron chi connectivity index (χ0n) is 14.1. The highest BCUT2D eigenvalue weighted by Gasteiger charge is 2.27. The van der Waals surface area contributed by atoms with Gasteiger partial charge in [-0.05, 0) is 57.0 Å². The molecule has 1 aliphatic heterocycles. The van der Waals surface area contributed by atoms with Crippen LogP contribution >= 0.6 is 0 Å². The third kappa shape index (κ3) is 4.43. The van der Waals surface area contributed by atoms with Crippen molar-refractivity contribution in [1.29, 1.82) is 0 Å². The van der Waals surface area contributed by atoms with Crippen LogP contribution < -0.4 is 10.5 Å². The van der Waals surface area contributed by atoms with Crippen molar-refractivity contribution in [3.63, 3.8) is 0 Å². The fourth-order valence-corrected chi connectivity index (χ4v) is 3.65. The molecule has 1 amide bonds. The first-order valence-corrected chi connectivity index (χ1v) is 9.61. The molecule has 1 fully saturated rings. The van der Waals surface area contributed by atoms with Crippen LogP contribution in [-0.4, -0.2) is 44.9 Å². The summed E-state index contributed by atoms with van der Waals surface area (Å²) in [6, 6.07) is 6.41. The van der Waals surface area contributed by atoms with Crippen LogP contribution in [-0.2, 0) is 14.8 Å². The van der Waals surface area contributed by atoms with Gasteiger partial charge in [0.05, 0.1) is 4.90 Å². The Morgan fingerprint density at radius 2 is 2.00 bits per heavy atom. The molecule has 6 nitrogen and oxygen atoms in total. The summed E-state index contributed by atoms with van der Waals surface area (Å²) < 4.78 is 25.6. The summed E-state index contributed by atoms with van der Waals surface area (Å²) in [5.41, 5.74) is 6.76. The first kappa shape index (κ1) is 18.6. The number of carbonyl (C=O) groups is 1. The average molecular weight is 351 g/mol. The summed E-state index contributed by atoms with van der Waals surface area (Å²) in [7, 11) is -2.07. The lowest BCUT2D eigenvalue weighted by Gasteiger charge is -2.37. The third-order valence-corrected chi connectivity index (χ3v) is 5.75. The SMILES string of the molecule is CNS(=O)(=O)c1ccc(C=CC(=O)N2CCCCC2C(C)N)cc1. The Morgan fingerprint density at radius 1 is 1.33 bits per heavy atom. The van der Waals surface area contributed by atoms with Crippen molar-refractivity contribution < 1.29 is 13.2 Å². The minimum atomic E-state index is -3.44. The van der Waals surface area contributed by atoms with Crippen LogP contribution in [0.25, 0.3) is 6.08 Å². The van der Waals surface area contributed by atoms with Gasteiger partial charge in [-0.1, -0.05) is 12.1 Å². The molecule has 2 unspecified atom stereocenters.